The van der Waals surface area contributed by atoms with E-state index >= 15 is 4.39 Å². The van der Waals surface area contributed by atoms with Gasteiger partial charge in [0.2, 0.25) is 0 Å². The van der Waals surface area contributed by atoms with E-state index in [9.17, 15) is 4.79 Å². The van der Waals surface area contributed by atoms with Crippen LogP contribution < -0.4 is 20.7 Å². The maximum Gasteiger partial charge on any atom is 0.263 e. The summed E-state index contributed by atoms with van der Waals surface area (Å²) in [5, 5.41) is 3.81. The SMILES string of the molecule is Cc1cc(C)c2c(N)c(C(=O)N[C@H]3COc4cc(N5CC6CCCC(C5)O6)cc(F)c4C3)sc2n1. The number of aryl methyl sites for hydroxylation is 2. The molecule has 0 aliphatic carbocycles. The summed E-state index contributed by atoms with van der Waals surface area (Å²) >= 11 is 1.28. The van der Waals surface area contributed by atoms with Gasteiger partial charge in [0.05, 0.1) is 23.9 Å². The molecule has 5 heterocycles. The zero-order valence-corrected chi connectivity index (χ0v) is 20.7. The van der Waals surface area contributed by atoms with Crippen molar-refractivity contribution in [1.29, 1.82) is 0 Å². The lowest BCUT2D eigenvalue weighted by Crippen LogP contribution is -2.50. The van der Waals surface area contributed by atoms with Crippen molar-refractivity contribution in [2.75, 3.05) is 30.3 Å². The van der Waals surface area contributed by atoms with Crippen molar-refractivity contribution in [3.05, 3.63) is 45.7 Å². The van der Waals surface area contributed by atoms with Crippen LogP contribution in [0.5, 0.6) is 5.75 Å². The number of amides is 1. The molecule has 2 saturated heterocycles. The van der Waals surface area contributed by atoms with Crippen molar-refractivity contribution in [2.45, 2.75) is 57.8 Å². The Morgan fingerprint density at radius 1 is 1.23 bits per heavy atom. The molecule has 2 fully saturated rings. The number of thiophene rings is 1. The fourth-order valence-electron chi connectivity index (χ4n) is 5.61. The Kier molecular flexibility index (Phi) is 5.56. The van der Waals surface area contributed by atoms with E-state index in [1.165, 1.54) is 17.8 Å². The van der Waals surface area contributed by atoms with Gasteiger partial charge in [0.15, 0.2) is 0 Å². The number of morpholine rings is 1. The molecule has 3 aliphatic heterocycles. The van der Waals surface area contributed by atoms with Crippen LogP contribution in [0.15, 0.2) is 18.2 Å². The predicted molar refractivity (Wildman–Crippen MR) is 135 cm³/mol. The topological polar surface area (TPSA) is 89.7 Å². The number of rotatable bonds is 3. The normalized spacial score (nSPS) is 23.6. The van der Waals surface area contributed by atoms with Crippen LogP contribution in [0.1, 0.15) is 45.8 Å². The highest BCUT2D eigenvalue weighted by molar-refractivity contribution is 7.21. The van der Waals surface area contributed by atoms with Crippen molar-refractivity contribution in [1.82, 2.24) is 10.3 Å². The fraction of sp³-hybridized carbons (Fsp3) is 0.462. The van der Waals surface area contributed by atoms with E-state index in [1.54, 1.807) is 6.07 Å². The molecule has 3 aromatic rings. The zero-order valence-electron chi connectivity index (χ0n) is 19.9. The highest BCUT2D eigenvalue weighted by atomic mass is 32.1. The van der Waals surface area contributed by atoms with Gasteiger partial charge in [0.25, 0.3) is 5.91 Å². The summed E-state index contributed by atoms with van der Waals surface area (Å²) in [5.74, 6) is -0.0277. The van der Waals surface area contributed by atoms with Crippen LogP contribution in [-0.2, 0) is 11.2 Å². The third kappa shape index (κ3) is 4.10. The van der Waals surface area contributed by atoms with Crippen LogP contribution >= 0.6 is 11.3 Å². The van der Waals surface area contributed by atoms with Crippen molar-refractivity contribution >= 4 is 38.8 Å². The van der Waals surface area contributed by atoms with E-state index in [0.29, 0.717) is 28.3 Å². The number of fused-ring (bicyclic) bond motifs is 4. The largest absolute Gasteiger partial charge is 0.491 e. The lowest BCUT2D eigenvalue weighted by atomic mass is 9.97. The van der Waals surface area contributed by atoms with E-state index in [4.69, 9.17) is 15.2 Å². The highest BCUT2D eigenvalue weighted by Crippen LogP contribution is 2.37. The number of anilines is 2. The average molecular weight is 497 g/mol. The summed E-state index contributed by atoms with van der Waals surface area (Å²) in [6, 6.07) is 5.13. The van der Waals surface area contributed by atoms with Crippen molar-refractivity contribution in [2.24, 2.45) is 0 Å². The number of benzene rings is 1. The first kappa shape index (κ1) is 22.5. The van der Waals surface area contributed by atoms with Crippen molar-refractivity contribution in [3.63, 3.8) is 0 Å². The van der Waals surface area contributed by atoms with E-state index in [2.05, 4.69) is 15.2 Å². The first-order valence-electron chi connectivity index (χ1n) is 12.2. The minimum Gasteiger partial charge on any atom is -0.491 e. The van der Waals surface area contributed by atoms with Gasteiger partial charge in [0, 0.05) is 47.9 Å². The minimum absolute atomic E-state index is 0.214. The number of pyridine rings is 1. The second-order valence-corrected chi connectivity index (χ2v) is 10.9. The Balaban J connectivity index is 1.19. The maximum absolute atomic E-state index is 15.2. The average Bonchev–Trinajstić information content (AvgIpc) is 3.15. The van der Waals surface area contributed by atoms with Crippen LogP contribution in [0.2, 0.25) is 0 Å². The van der Waals surface area contributed by atoms with Crippen LogP contribution in [0.4, 0.5) is 15.8 Å². The molecule has 0 spiro atoms. The number of carbonyl (C=O) groups is 1. The molecule has 6 rings (SSSR count). The van der Waals surface area contributed by atoms with E-state index in [1.807, 2.05) is 26.0 Å². The number of nitrogens with one attached hydrogen (secondary N) is 1. The third-order valence-electron chi connectivity index (χ3n) is 7.25. The molecule has 2 unspecified atom stereocenters. The molecule has 9 heteroatoms. The van der Waals surface area contributed by atoms with Gasteiger partial charge >= 0.3 is 0 Å². The Labute approximate surface area is 207 Å². The van der Waals surface area contributed by atoms with Crippen molar-refractivity contribution in [3.8, 4) is 5.75 Å². The molecular formula is C26H29FN4O3S. The molecule has 35 heavy (non-hydrogen) atoms. The van der Waals surface area contributed by atoms with Gasteiger partial charge in [0.1, 0.15) is 27.9 Å². The smallest absolute Gasteiger partial charge is 0.263 e. The number of carbonyl (C=O) groups excluding carboxylic acids is 1. The molecule has 184 valence electrons. The van der Waals surface area contributed by atoms with Crippen LogP contribution in [0, 0.1) is 19.7 Å². The number of nitrogens with two attached hydrogens (primary N) is 1. The summed E-state index contributed by atoms with van der Waals surface area (Å²) < 4.78 is 27.2. The Morgan fingerprint density at radius 2 is 2.00 bits per heavy atom. The predicted octanol–water partition coefficient (Wildman–Crippen LogP) is 4.13. The second-order valence-electron chi connectivity index (χ2n) is 9.91. The number of nitrogens with zero attached hydrogens (tertiary/aromatic N) is 2. The number of aromatic nitrogens is 1. The molecule has 3 aliphatic rings. The van der Waals surface area contributed by atoms with E-state index < -0.39 is 0 Å². The number of hydrogen-bond acceptors (Lipinski definition) is 7. The van der Waals surface area contributed by atoms with Gasteiger partial charge in [-0.1, -0.05) is 0 Å². The van der Waals surface area contributed by atoms with E-state index in [-0.39, 0.29) is 36.6 Å². The number of nitrogen functional groups attached to an aromatic ring is 1. The summed E-state index contributed by atoms with van der Waals surface area (Å²) in [7, 11) is 0. The van der Waals surface area contributed by atoms with Crippen LogP contribution in [0.3, 0.4) is 0 Å². The molecular weight excluding hydrogens is 467 g/mol. The number of hydrogen-bond donors (Lipinski definition) is 2. The minimum atomic E-state index is -0.349. The summed E-state index contributed by atoms with van der Waals surface area (Å²) in [5.41, 5.74) is 9.98. The lowest BCUT2D eigenvalue weighted by molar-refractivity contribution is -0.0605. The van der Waals surface area contributed by atoms with Gasteiger partial charge in [-0.2, -0.15) is 0 Å². The molecule has 3 N–H and O–H groups in total. The van der Waals surface area contributed by atoms with Gasteiger partial charge in [-0.15, -0.1) is 11.3 Å². The summed E-state index contributed by atoms with van der Waals surface area (Å²) in [6.07, 6.45) is 4.09. The molecule has 1 amide bonds. The van der Waals surface area contributed by atoms with Gasteiger partial charge < -0.3 is 25.4 Å². The number of ether oxygens (including phenoxy) is 2. The quantitative estimate of drug-likeness (QED) is 0.567. The standard InChI is InChI=1S/C26H29FN4O3S/c1-13-6-14(2)29-26-22(13)23(28)24(35-26)25(32)30-15-7-19-20(27)8-16(9-21(19)33-12-15)31-10-17-4-3-5-18(11-31)34-17/h6,8-9,15,17-18H,3-5,7,10-12,28H2,1-2H3,(H,30,32)/t15-,17?,18?/m1/s1. The first-order valence-corrected chi connectivity index (χ1v) is 13.0. The van der Waals surface area contributed by atoms with Crippen LogP contribution in [-0.4, -0.2) is 48.8 Å². The zero-order chi connectivity index (χ0) is 24.3. The Bertz CT molecular complexity index is 1310. The fourth-order valence-corrected chi connectivity index (χ4v) is 6.73. The van der Waals surface area contributed by atoms with Crippen molar-refractivity contribution < 1.29 is 18.7 Å². The maximum atomic E-state index is 15.2. The number of halogens is 1. The van der Waals surface area contributed by atoms with Gasteiger partial charge in [-0.05, 0) is 50.8 Å². The lowest BCUT2D eigenvalue weighted by Gasteiger charge is -2.43. The molecule has 7 nitrogen and oxygen atoms in total. The molecule has 1 aromatic carbocycles. The Hall–Kier alpha value is -2.91. The highest BCUT2D eigenvalue weighted by Gasteiger charge is 2.33. The molecule has 2 aromatic heterocycles. The molecule has 0 radical (unpaired) electrons. The Morgan fingerprint density at radius 3 is 2.77 bits per heavy atom. The van der Waals surface area contributed by atoms with Gasteiger partial charge in [-0.25, -0.2) is 9.37 Å². The second kappa shape index (κ2) is 8.64. The van der Waals surface area contributed by atoms with Crippen LogP contribution in [0.25, 0.3) is 10.2 Å². The summed E-state index contributed by atoms with van der Waals surface area (Å²) in [4.78, 5) is 21.0. The first-order chi connectivity index (χ1) is 16.9. The molecule has 3 atom stereocenters. The molecule has 2 bridgehead atoms. The third-order valence-corrected chi connectivity index (χ3v) is 8.34. The molecule has 0 saturated carbocycles. The van der Waals surface area contributed by atoms with E-state index in [0.717, 1.165) is 53.1 Å². The monoisotopic (exact) mass is 496 g/mol. The summed E-state index contributed by atoms with van der Waals surface area (Å²) in [6.45, 7) is 5.71. The van der Waals surface area contributed by atoms with Gasteiger partial charge in [-0.3, -0.25) is 4.79 Å².